The molecule has 6 rings (SSSR count). The second kappa shape index (κ2) is 8.95. The highest BCUT2D eigenvalue weighted by Gasteiger charge is 2.25. The van der Waals surface area contributed by atoms with Crippen molar-refractivity contribution in [1.29, 1.82) is 0 Å². The predicted molar refractivity (Wildman–Crippen MR) is 135 cm³/mol. The number of nitrogens with zero attached hydrogens (tertiary/aromatic N) is 4. The minimum atomic E-state index is 0.0711. The lowest BCUT2D eigenvalue weighted by Crippen LogP contribution is -2.40. The first-order valence-corrected chi connectivity index (χ1v) is 12.0. The summed E-state index contributed by atoms with van der Waals surface area (Å²) in [4.78, 5) is 22.4. The van der Waals surface area contributed by atoms with Crippen molar-refractivity contribution in [1.82, 2.24) is 14.5 Å². The molecular formula is C28H28N4O2. The molecule has 1 aromatic heterocycles. The molecule has 2 aliphatic heterocycles. The highest BCUT2D eigenvalue weighted by molar-refractivity contribution is 5.77. The van der Waals surface area contributed by atoms with Crippen LogP contribution in [0.4, 0.5) is 11.4 Å². The third-order valence-electron chi connectivity index (χ3n) is 7.10. The minimum absolute atomic E-state index is 0.0711. The number of hydrogen-bond donors (Lipinski definition) is 0. The lowest BCUT2D eigenvalue weighted by Gasteiger charge is -2.35. The van der Waals surface area contributed by atoms with Gasteiger partial charge in [0.15, 0.2) is 0 Å². The third kappa shape index (κ3) is 3.84. The maximum absolute atomic E-state index is 13.0. The molecule has 0 saturated carbocycles. The van der Waals surface area contributed by atoms with Crippen LogP contribution in [0, 0.1) is 0 Å². The first-order chi connectivity index (χ1) is 16.8. The SMILES string of the molecule is O=c1c2ccccc2ncn1C1CCN(CCN2c3ccccc3COc3ccccc32)CC1. The summed E-state index contributed by atoms with van der Waals surface area (Å²) in [7, 11) is 0. The first-order valence-electron chi connectivity index (χ1n) is 12.0. The van der Waals surface area contributed by atoms with Crippen molar-refractivity contribution in [2.24, 2.45) is 0 Å². The number of likely N-dealkylation sites (tertiary alicyclic amines) is 1. The van der Waals surface area contributed by atoms with Gasteiger partial charge >= 0.3 is 0 Å². The van der Waals surface area contributed by atoms with E-state index in [4.69, 9.17) is 4.74 Å². The van der Waals surface area contributed by atoms with Gasteiger partial charge in [0.25, 0.3) is 5.56 Å². The number of piperidine rings is 1. The zero-order chi connectivity index (χ0) is 22.9. The zero-order valence-electron chi connectivity index (χ0n) is 19.1. The van der Waals surface area contributed by atoms with E-state index in [1.165, 1.54) is 11.3 Å². The van der Waals surface area contributed by atoms with Crippen molar-refractivity contribution in [2.75, 3.05) is 31.1 Å². The van der Waals surface area contributed by atoms with Crippen LogP contribution in [-0.4, -0.2) is 40.6 Å². The molecule has 0 atom stereocenters. The fourth-order valence-corrected chi connectivity index (χ4v) is 5.23. The van der Waals surface area contributed by atoms with Gasteiger partial charge in [-0.1, -0.05) is 42.5 Å². The summed E-state index contributed by atoms with van der Waals surface area (Å²) in [6.07, 6.45) is 3.64. The van der Waals surface area contributed by atoms with Crippen molar-refractivity contribution in [3.8, 4) is 5.75 Å². The van der Waals surface area contributed by atoms with Gasteiger partial charge in [-0.25, -0.2) is 4.98 Å². The van der Waals surface area contributed by atoms with Gasteiger partial charge in [-0.2, -0.15) is 0 Å². The molecule has 0 aliphatic carbocycles. The quantitative estimate of drug-likeness (QED) is 0.447. The molecule has 0 spiro atoms. The average molecular weight is 453 g/mol. The fourth-order valence-electron chi connectivity index (χ4n) is 5.23. The van der Waals surface area contributed by atoms with Gasteiger partial charge in [0.1, 0.15) is 12.4 Å². The Kier molecular flexibility index (Phi) is 5.51. The molecule has 2 aliphatic rings. The monoisotopic (exact) mass is 452 g/mol. The second-order valence-electron chi connectivity index (χ2n) is 9.08. The Balaban J connectivity index is 1.16. The lowest BCUT2D eigenvalue weighted by atomic mass is 10.0. The van der Waals surface area contributed by atoms with Crippen LogP contribution >= 0.6 is 0 Å². The van der Waals surface area contributed by atoms with E-state index in [0.717, 1.165) is 56.0 Å². The van der Waals surface area contributed by atoms with Gasteiger partial charge in [-0.15, -0.1) is 0 Å². The Morgan fingerprint density at radius 3 is 2.47 bits per heavy atom. The Morgan fingerprint density at radius 1 is 0.853 bits per heavy atom. The Morgan fingerprint density at radius 2 is 1.59 bits per heavy atom. The Hall–Kier alpha value is -3.64. The molecule has 172 valence electrons. The molecule has 3 heterocycles. The highest BCUT2D eigenvalue weighted by atomic mass is 16.5. The molecule has 6 nitrogen and oxygen atoms in total. The van der Waals surface area contributed by atoms with Gasteiger partial charge in [-0.3, -0.25) is 9.36 Å². The molecular weight excluding hydrogens is 424 g/mol. The maximum Gasteiger partial charge on any atom is 0.261 e. The number of ether oxygens (including phenoxy) is 1. The summed E-state index contributed by atoms with van der Waals surface area (Å²) in [5.41, 5.74) is 4.39. The van der Waals surface area contributed by atoms with Gasteiger partial charge in [0.2, 0.25) is 0 Å². The van der Waals surface area contributed by atoms with Gasteiger partial charge < -0.3 is 14.5 Å². The third-order valence-corrected chi connectivity index (χ3v) is 7.10. The van der Waals surface area contributed by atoms with Gasteiger partial charge in [0, 0.05) is 43.5 Å². The molecule has 4 aromatic rings. The molecule has 0 bridgehead atoms. The number of aromatic nitrogens is 2. The number of para-hydroxylation sites is 4. The van der Waals surface area contributed by atoms with Crippen molar-refractivity contribution >= 4 is 22.3 Å². The van der Waals surface area contributed by atoms with Crippen LogP contribution in [0.25, 0.3) is 10.9 Å². The number of benzene rings is 3. The largest absolute Gasteiger partial charge is 0.487 e. The van der Waals surface area contributed by atoms with E-state index in [-0.39, 0.29) is 11.6 Å². The first kappa shape index (κ1) is 20.9. The highest BCUT2D eigenvalue weighted by Crippen LogP contribution is 2.39. The summed E-state index contributed by atoms with van der Waals surface area (Å²) >= 11 is 0. The topological polar surface area (TPSA) is 50.6 Å². The number of fused-ring (bicyclic) bond motifs is 3. The maximum atomic E-state index is 13.0. The lowest BCUT2D eigenvalue weighted by molar-refractivity contribution is 0.188. The molecule has 1 saturated heterocycles. The average Bonchev–Trinajstić information content (AvgIpc) is 3.05. The molecule has 34 heavy (non-hydrogen) atoms. The molecule has 0 amide bonds. The van der Waals surface area contributed by atoms with Crippen molar-refractivity contribution in [2.45, 2.75) is 25.5 Å². The van der Waals surface area contributed by atoms with Crippen LogP contribution in [0.5, 0.6) is 5.75 Å². The van der Waals surface area contributed by atoms with Crippen LogP contribution in [0.1, 0.15) is 24.4 Å². The summed E-state index contributed by atoms with van der Waals surface area (Å²) < 4.78 is 7.95. The number of rotatable bonds is 4. The van der Waals surface area contributed by atoms with Gasteiger partial charge in [0.05, 0.1) is 22.9 Å². The van der Waals surface area contributed by atoms with E-state index in [1.54, 1.807) is 6.33 Å². The van der Waals surface area contributed by atoms with Crippen LogP contribution in [-0.2, 0) is 6.61 Å². The van der Waals surface area contributed by atoms with Crippen molar-refractivity contribution in [3.63, 3.8) is 0 Å². The van der Waals surface area contributed by atoms with E-state index < -0.39 is 0 Å². The van der Waals surface area contributed by atoms with Crippen LogP contribution < -0.4 is 15.2 Å². The Bertz CT molecular complexity index is 1330. The smallest absolute Gasteiger partial charge is 0.261 e. The minimum Gasteiger partial charge on any atom is -0.487 e. The molecule has 6 heteroatoms. The molecule has 0 unspecified atom stereocenters. The summed E-state index contributed by atoms with van der Waals surface area (Å²) in [6.45, 7) is 4.37. The van der Waals surface area contributed by atoms with Gasteiger partial charge in [-0.05, 0) is 43.2 Å². The summed E-state index contributed by atoms with van der Waals surface area (Å²) in [5.74, 6) is 0.931. The van der Waals surface area contributed by atoms with E-state index in [2.05, 4.69) is 57.2 Å². The second-order valence-corrected chi connectivity index (χ2v) is 9.08. The number of anilines is 2. The van der Waals surface area contributed by atoms with E-state index in [0.29, 0.717) is 12.0 Å². The van der Waals surface area contributed by atoms with E-state index in [1.807, 2.05) is 34.9 Å². The molecule has 3 aromatic carbocycles. The molecule has 1 fully saturated rings. The zero-order valence-corrected chi connectivity index (χ0v) is 19.1. The standard InChI is InChI=1S/C28H28N4O2/c33-28-23-8-2-3-9-24(23)29-20-32(28)22-13-15-30(16-14-22)17-18-31-25-10-4-1-7-21(25)19-34-27-12-6-5-11-26(27)31/h1-12,20,22H,13-19H2. The number of hydrogen-bond acceptors (Lipinski definition) is 5. The Labute approximate surface area is 199 Å². The van der Waals surface area contributed by atoms with Crippen molar-refractivity contribution < 1.29 is 4.74 Å². The van der Waals surface area contributed by atoms with Crippen LogP contribution in [0.2, 0.25) is 0 Å². The predicted octanol–water partition coefficient (Wildman–Crippen LogP) is 4.76. The summed E-state index contributed by atoms with van der Waals surface area (Å²) in [5, 5.41) is 0.702. The van der Waals surface area contributed by atoms with Crippen molar-refractivity contribution in [3.05, 3.63) is 95.0 Å². The van der Waals surface area contributed by atoms with E-state index in [9.17, 15) is 4.79 Å². The molecule has 0 radical (unpaired) electrons. The summed E-state index contributed by atoms with van der Waals surface area (Å²) in [6, 6.07) is 24.6. The molecule has 0 N–H and O–H groups in total. The fraction of sp³-hybridized carbons (Fsp3) is 0.286. The normalized spacial score (nSPS) is 16.5. The van der Waals surface area contributed by atoms with Crippen LogP contribution in [0.3, 0.4) is 0 Å². The van der Waals surface area contributed by atoms with E-state index >= 15 is 0 Å². The van der Waals surface area contributed by atoms with Crippen LogP contribution in [0.15, 0.2) is 83.9 Å².